The molecule has 5 nitrogen and oxygen atoms in total. The number of carbonyl (C=O) groups is 2. The van der Waals surface area contributed by atoms with Crippen LogP contribution in [0.2, 0.25) is 0 Å². The molecule has 21 heavy (non-hydrogen) atoms. The van der Waals surface area contributed by atoms with Gasteiger partial charge in [0.25, 0.3) is 5.91 Å². The molecule has 0 radical (unpaired) electrons. The zero-order chi connectivity index (χ0) is 15.2. The lowest BCUT2D eigenvalue weighted by Crippen LogP contribution is -2.41. The van der Waals surface area contributed by atoms with Crippen LogP contribution in [0.5, 0.6) is 0 Å². The number of rotatable bonds is 6. The van der Waals surface area contributed by atoms with E-state index in [0.29, 0.717) is 17.7 Å². The maximum absolute atomic E-state index is 12.2. The van der Waals surface area contributed by atoms with Gasteiger partial charge >= 0.3 is 5.97 Å². The Morgan fingerprint density at radius 3 is 2.95 bits per heavy atom. The predicted molar refractivity (Wildman–Crippen MR) is 83.7 cm³/mol. The minimum absolute atomic E-state index is 0.322. The van der Waals surface area contributed by atoms with Crippen LogP contribution in [-0.4, -0.2) is 41.6 Å². The average molecular weight is 308 g/mol. The van der Waals surface area contributed by atoms with Crippen LogP contribution >= 0.6 is 11.8 Å². The van der Waals surface area contributed by atoms with Gasteiger partial charge in [0.05, 0.1) is 0 Å². The SMILES string of the molecule is CSCCC(NC(=O)c1ccc2c(c1)CNCC2)C(=O)O. The Labute approximate surface area is 128 Å². The fraction of sp³-hybridized carbons (Fsp3) is 0.467. The molecule has 0 saturated carbocycles. The summed E-state index contributed by atoms with van der Waals surface area (Å²) in [6, 6.07) is 4.75. The highest BCUT2D eigenvalue weighted by Gasteiger charge is 2.21. The van der Waals surface area contributed by atoms with Crippen molar-refractivity contribution in [2.24, 2.45) is 0 Å². The van der Waals surface area contributed by atoms with Gasteiger partial charge in [-0.05, 0) is 54.7 Å². The van der Waals surface area contributed by atoms with Crippen molar-refractivity contribution >= 4 is 23.6 Å². The number of aliphatic carboxylic acids is 1. The normalized spacial score (nSPS) is 15.1. The van der Waals surface area contributed by atoms with Crippen molar-refractivity contribution in [3.8, 4) is 0 Å². The van der Waals surface area contributed by atoms with E-state index in [0.717, 1.165) is 25.1 Å². The summed E-state index contributed by atoms with van der Waals surface area (Å²) >= 11 is 1.57. The van der Waals surface area contributed by atoms with Crippen molar-refractivity contribution < 1.29 is 14.7 Å². The summed E-state index contributed by atoms with van der Waals surface area (Å²) in [5, 5.41) is 15.0. The van der Waals surface area contributed by atoms with Gasteiger partial charge in [-0.15, -0.1) is 0 Å². The van der Waals surface area contributed by atoms with Gasteiger partial charge in [0, 0.05) is 12.1 Å². The van der Waals surface area contributed by atoms with Crippen LogP contribution in [0.25, 0.3) is 0 Å². The number of thioether (sulfide) groups is 1. The fourth-order valence-corrected chi connectivity index (χ4v) is 2.83. The lowest BCUT2D eigenvalue weighted by molar-refractivity contribution is -0.139. The van der Waals surface area contributed by atoms with Gasteiger partial charge in [0.1, 0.15) is 6.04 Å². The second-order valence-electron chi connectivity index (χ2n) is 5.06. The molecule has 1 aromatic carbocycles. The number of carbonyl (C=O) groups excluding carboxylic acids is 1. The van der Waals surface area contributed by atoms with Crippen molar-refractivity contribution in [2.75, 3.05) is 18.6 Å². The van der Waals surface area contributed by atoms with Gasteiger partial charge < -0.3 is 15.7 Å². The molecule has 1 amide bonds. The number of nitrogens with one attached hydrogen (secondary N) is 2. The molecule has 1 unspecified atom stereocenters. The lowest BCUT2D eigenvalue weighted by atomic mass is 9.98. The standard InChI is InChI=1S/C15H20N2O3S/c1-21-7-5-13(15(19)20)17-14(18)11-3-2-10-4-6-16-9-12(10)8-11/h2-3,8,13,16H,4-7,9H2,1H3,(H,17,18)(H,19,20). The largest absolute Gasteiger partial charge is 0.480 e. The van der Waals surface area contributed by atoms with E-state index in [9.17, 15) is 9.59 Å². The number of amides is 1. The molecule has 1 aliphatic heterocycles. The van der Waals surface area contributed by atoms with Crippen molar-refractivity contribution in [2.45, 2.75) is 25.4 Å². The smallest absolute Gasteiger partial charge is 0.326 e. The summed E-state index contributed by atoms with van der Waals surface area (Å²) in [6.07, 6.45) is 3.30. The maximum Gasteiger partial charge on any atom is 0.326 e. The summed E-state index contributed by atoms with van der Waals surface area (Å²) in [7, 11) is 0. The Morgan fingerprint density at radius 2 is 2.24 bits per heavy atom. The molecule has 0 aromatic heterocycles. The first-order chi connectivity index (χ1) is 10.1. The van der Waals surface area contributed by atoms with Crippen LogP contribution in [0.3, 0.4) is 0 Å². The Balaban J connectivity index is 2.06. The minimum Gasteiger partial charge on any atom is -0.480 e. The van der Waals surface area contributed by atoms with Crippen LogP contribution in [0.1, 0.15) is 27.9 Å². The number of hydrogen-bond donors (Lipinski definition) is 3. The monoisotopic (exact) mass is 308 g/mol. The molecule has 0 aliphatic carbocycles. The summed E-state index contributed by atoms with van der Waals surface area (Å²) in [5.41, 5.74) is 2.89. The zero-order valence-corrected chi connectivity index (χ0v) is 12.8. The molecule has 6 heteroatoms. The Bertz CT molecular complexity index is 534. The Kier molecular flexibility index (Phi) is 5.64. The number of benzene rings is 1. The van der Waals surface area contributed by atoms with Gasteiger partial charge in [0.15, 0.2) is 0 Å². The van der Waals surface area contributed by atoms with E-state index in [-0.39, 0.29) is 5.91 Å². The van der Waals surface area contributed by atoms with E-state index < -0.39 is 12.0 Å². The third-order valence-corrected chi connectivity index (χ3v) is 4.21. The summed E-state index contributed by atoms with van der Waals surface area (Å²) in [5.74, 6) is -0.611. The topological polar surface area (TPSA) is 78.4 Å². The van der Waals surface area contributed by atoms with Crippen LogP contribution in [0.4, 0.5) is 0 Å². The van der Waals surface area contributed by atoms with Gasteiger partial charge in [-0.3, -0.25) is 4.79 Å². The quantitative estimate of drug-likeness (QED) is 0.737. The Morgan fingerprint density at radius 1 is 1.43 bits per heavy atom. The van der Waals surface area contributed by atoms with Crippen LogP contribution in [0, 0.1) is 0 Å². The van der Waals surface area contributed by atoms with Crippen molar-refractivity contribution in [3.05, 3.63) is 34.9 Å². The summed E-state index contributed by atoms with van der Waals surface area (Å²) in [6.45, 7) is 1.71. The van der Waals surface area contributed by atoms with Gasteiger partial charge in [0.2, 0.25) is 0 Å². The molecule has 0 spiro atoms. The number of carboxylic acid groups (broad SMARTS) is 1. The highest BCUT2D eigenvalue weighted by molar-refractivity contribution is 7.98. The zero-order valence-electron chi connectivity index (χ0n) is 12.0. The van der Waals surface area contributed by atoms with Gasteiger partial charge in [-0.25, -0.2) is 4.79 Å². The van der Waals surface area contributed by atoms with Gasteiger partial charge in [-0.1, -0.05) is 6.07 Å². The van der Waals surface area contributed by atoms with E-state index in [4.69, 9.17) is 5.11 Å². The van der Waals surface area contributed by atoms with Crippen LogP contribution in [-0.2, 0) is 17.8 Å². The van der Waals surface area contributed by atoms with E-state index in [1.54, 1.807) is 17.8 Å². The molecular formula is C15H20N2O3S. The van der Waals surface area contributed by atoms with Crippen molar-refractivity contribution in [1.82, 2.24) is 10.6 Å². The third-order valence-electron chi connectivity index (χ3n) is 3.57. The van der Waals surface area contributed by atoms with Crippen molar-refractivity contribution in [3.63, 3.8) is 0 Å². The lowest BCUT2D eigenvalue weighted by Gasteiger charge is -2.18. The first kappa shape index (κ1) is 15.9. The van der Waals surface area contributed by atoms with E-state index >= 15 is 0 Å². The molecule has 1 heterocycles. The molecular weight excluding hydrogens is 288 g/mol. The fourth-order valence-electron chi connectivity index (χ4n) is 2.36. The predicted octanol–water partition coefficient (Wildman–Crippen LogP) is 1.27. The number of fused-ring (bicyclic) bond motifs is 1. The molecule has 1 atom stereocenters. The van der Waals surface area contributed by atoms with Gasteiger partial charge in [-0.2, -0.15) is 11.8 Å². The van der Waals surface area contributed by atoms with Crippen molar-refractivity contribution in [1.29, 1.82) is 0 Å². The molecule has 3 N–H and O–H groups in total. The number of carboxylic acids is 1. The van der Waals surface area contributed by atoms with Crippen LogP contribution in [0.15, 0.2) is 18.2 Å². The second-order valence-corrected chi connectivity index (χ2v) is 6.04. The molecule has 1 aliphatic rings. The minimum atomic E-state index is -0.989. The van der Waals surface area contributed by atoms with E-state index in [1.807, 2.05) is 18.4 Å². The molecule has 0 saturated heterocycles. The summed E-state index contributed by atoms with van der Waals surface area (Å²) in [4.78, 5) is 23.4. The third kappa shape index (κ3) is 4.22. The molecule has 114 valence electrons. The van der Waals surface area contributed by atoms with E-state index in [1.165, 1.54) is 5.56 Å². The highest BCUT2D eigenvalue weighted by Crippen LogP contribution is 2.16. The maximum atomic E-state index is 12.2. The first-order valence-corrected chi connectivity index (χ1v) is 8.36. The molecule has 0 fully saturated rings. The summed E-state index contributed by atoms with van der Waals surface area (Å²) < 4.78 is 0. The highest BCUT2D eigenvalue weighted by atomic mass is 32.2. The Hall–Kier alpha value is -1.53. The molecule has 1 aromatic rings. The van der Waals surface area contributed by atoms with Crippen LogP contribution < -0.4 is 10.6 Å². The number of hydrogen-bond acceptors (Lipinski definition) is 4. The average Bonchev–Trinajstić information content (AvgIpc) is 2.50. The molecule has 2 rings (SSSR count). The molecule has 0 bridgehead atoms. The van der Waals surface area contributed by atoms with E-state index in [2.05, 4.69) is 10.6 Å². The first-order valence-electron chi connectivity index (χ1n) is 6.97. The second kappa shape index (κ2) is 7.47.